The van der Waals surface area contributed by atoms with Crippen molar-refractivity contribution < 1.29 is 8.42 Å². The standard InChI is InChI=1S/C14H22N2O2S/c1-10(2)11(3)16-19(17,18)14-8-4-7-13-12(14)6-5-9-15-13/h4,7-8,10-11,15-16H,5-6,9H2,1-3H3. The quantitative estimate of drug-likeness (QED) is 0.891. The van der Waals surface area contributed by atoms with Crippen LogP contribution in [0, 0.1) is 5.92 Å². The van der Waals surface area contributed by atoms with Gasteiger partial charge in [0.1, 0.15) is 0 Å². The molecule has 1 aliphatic rings. The van der Waals surface area contributed by atoms with Gasteiger partial charge in [0.2, 0.25) is 10.0 Å². The number of rotatable bonds is 4. The molecule has 1 aromatic rings. The molecule has 0 amide bonds. The summed E-state index contributed by atoms with van der Waals surface area (Å²) in [6.45, 7) is 6.83. The fourth-order valence-electron chi connectivity index (χ4n) is 2.17. The van der Waals surface area contributed by atoms with Crippen LogP contribution >= 0.6 is 0 Å². The molecule has 0 fully saturated rings. The Hall–Kier alpha value is -1.07. The summed E-state index contributed by atoms with van der Waals surface area (Å²) in [4.78, 5) is 0.421. The highest BCUT2D eigenvalue weighted by Crippen LogP contribution is 2.28. The summed E-state index contributed by atoms with van der Waals surface area (Å²) < 4.78 is 27.7. The van der Waals surface area contributed by atoms with Crippen LogP contribution in [0.2, 0.25) is 0 Å². The first-order valence-corrected chi connectivity index (χ1v) is 8.28. The van der Waals surface area contributed by atoms with Crippen LogP contribution in [0.3, 0.4) is 0 Å². The second-order valence-electron chi connectivity index (χ2n) is 5.47. The molecule has 1 unspecified atom stereocenters. The molecule has 0 radical (unpaired) electrons. The van der Waals surface area contributed by atoms with Gasteiger partial charge in [-0.3, -0.25) is 0 Å². The molecule has 0 aliphatic carbocycles. The first kappa shape index (κ1) is 14.3. The molecule has 0 saturated heterocycles. The maximum absolute atomic E-state index is 12.5. The van der Waals surface area contributed by atoms with Crippen LogP contribution in [0.15, 0.2) is 23.1 Å². The highest BCUT2D eigenvalue weighted by Gasteiger charge is 2.24. The Balaban J connectivity index is 2.36. The number of hydrogen-bond acceptors (Lipinski definition) is 3. The van der Waals surface area contributed by atoms with E-state index in [0.29, 0.717) is 4.90 Å². The molecule has 0 bridgehead atoms. The lowest BCUT2D eigenvalue weighted by atomic mass is 10.0. The molecule has 4 nitrogen and oxygen atoms in total. The SMILES string of the molecule is CC(C)C(C)NS(=O)(=O)c1cccc2c1CCCN2. The number of nitrogens with one attached hydrogen (secondary N) is 2. The van der Waals surface area contributed by atoms with E-state index in [9.17, 15) is 8.42 Å². The number of hydrogen-bond donors (Lipinski definition) is 2. The lowest BCUT2D eigenvalue weighted by molar-refractivity contribution is 0.476. The van der Waals surface area contributed by atoms with Gasteiger partial charge in [0.25, 0.3) is 0 Å². The molecular weight excluding hydrogens is 260 g/mol. The zero-order valence-corrected chi connectivity index (χ0v) is 12.5. The number of fused-ring (bicyclic) bond motifs is 1. The molecule has 19 heavy (non-hydrogen) atoms. The minimum Gasteiger partial charge on any atom is -0.385 e. The van der Waals surface area contributed by atoms with E-state index < -0.39 is 10.0 Å². The van der Waals surface area contributed by atoms with Crippen molar-refractivity contribution >= 4 is 15.7 Å². The van der Waals surface area contributed by atoms with Gasteiger partial charge in [-0.1, -0.05) is 19.9 Å². The number of anilines is 1. The number of benzene rings is 1. The van der Waals surface area contributed by atoms with E-state index in [2.05, 4.69) is 10.0 Å². The highest BCUT2D eigenvalue weighted by molar-refractivity contribution is 7.89. The fourth-order valence-corrected chi connectivity index (χ4v) is 3.86. The Kier molecular flexibility index (Phi) is 4.16. The third-order valence-electron chi connectivity index (χ3n) is 3.68. The molecule has 2 rings (SSSR count). The van der Waals surface area contributed by atoms with Gasteiger partial charge in [-0.15, -0.1) is 0 Å². The predicted molar refractivity (Wildman–Crippen MR) is 77.9 cm³/mol. The van der Waals surface area contributed by atoms with Crippen LogP contribution in [-0.4, -0.2) is 21.0 Å². The third kappa shape index (κ3) is 3.09. The van der Waals surface area contributed by atoms with Crippen molar-refractivity contribution in [3.8, 4) is 0 Å². The van der Waals surface area contributed by atoms with E-state index in [0.717, 1.165) is 30.6 Å². The number of sulfonamides is 1. The average molecular weight is 282 g/mol. The van der Waals surface area contributed by atoms with Gasteiger partial charge in [0.05, 0.1) is 4.90 Å². The summed E-state index contributed by atoms with van der Waals surface area (Å²) in [6, 6.07) is 5.37. The summed E-state index contributed by atoms with van der Waals surface area (Å²) in [5.74, 6) is 0.271. The minimum atomic E-state index is -3.44. The lowest BCUT2D eigenvalue weighted by Gasteiger charge is -2.23. The molecule has 0 aromatic heterocycles. The topological polar surface area (TPSA) is 58.2 Å². The van der Waals surface area contributed by atoms with E-state index >= 15 is 0 Å². The van der Waals surface area contributed by atoms with Crippen molar-refractivity contribution in [2.45, 2.75) is 44.6 Å². The summed E-state index contributed by atoms with van der Waals surface area (Å²) >= 11 is 0. The molecule has 0 spiro atoms. The molecular formula is C14H22N2O2S. The predicted octanol–water partition coefficient (Wildman–Crippen LogP) is 2.37. The summed E-state index contributed by atoms with van der Waals surface area (Å²) in [5.41, 5.74) is 1.86. The van der Waals surface area contributed by atoms with E-state index in [1.54, 1.807) is 12.1 Å². The van der Waals surface area contributed by atoms with Crippen molar-refractivity contribution in [1.29, 1.82) is 0 Å². The third-order valence-corrected chi connectivity index (χ3v) is 5.33. The smallest absolute Gasteiger partial charge is 0.241 e. The Morgan fingerprint density at radius 1 is 1.26 bits per heavy atom. The second kappa shape index (κ2) is 5.51. The molecule has 1 aromatic carbocycles. The Labute approximate surface area is 115 Å². The first-order chi connectivity index (χ1) is 8.92. The Morgan fingerprint density at radius 3 is 2.68 bits per heavy atom. The van der Waals surface area contributed by atoms with Gasteiger partial charge in [-0.25, -0.2) is 13.1 Å². The summed E-state index contributed by atoms with van der Waals surface area (Å²) in [6.07, 6.45) is 1.79. The summed E-state index contributed by atoms with van der Waals surface area (Å²) in [5, 5.41) is 3.26. The molecule has 5 heteroatoms. The van der Waals surface area contributed by atoms with Crippen molar-refractivity contribution in [3.05, 3.63) is 23.8 Å². The Bertz CT molecular complexity index is 553. The van der Waals surface area contributed by atoms with Crippen molar-refractivity contribution in [1.82, 2.24) is 4.72 Å². The monoisotopic (exact) mass is 282 g/mol. The Morgan fingerprint density at radius 2 is 2.00 bits per heavy atom. The van der Waals surface area contributed by atoms with Crippen molar-refractivity contribution in [2.75, 3.05) is 11.9 Å². The molecule has 1 heterocycles. The van der Waals surface area contributed by atoms with Crippen LogP contribution in [0.1, 0.15) is 32.8 Å². The minimum absolute atomic E-state index is 0.0718. The van der Waals surface area contributed by atoms with E-state index in [1.165, 1.54) is 0 Å². The largest absolute Gasteiger partial charge is 0.385 e. The zero-order chi connectivity index (χ0) is 14.0. The average Bonchev–Trinajstić information content (AvgIpc) is 2.37. The van der Waals surface area contributed by atoms with Gasteiger partial charge < -0.3 is 5.32 Å². The van der Waals surface area contributed by atoms with Gasteiger partial charge in [-0.05, 0) is 43.4 Å². The lowest BCUT2D eigenvalue weighted by Crippen LogP contribution is -2.36. The normalized spacial score (nSPS) is 16.8. The summed E-state index contributed by atoms with van der Waals surface area (Å²) in [7, 11) is -3.44. The van der Waals surface area contributed by atoms with Crippen LogP contribution in [-0.2, 0) is 16.4 Å². The zero-order valence-electron chi connectivity index (χ0n) is 11.7. The second-order valence-corrected chi connectivity index (χ2v) is 7.15. The van der Waals surface area contributed by atoms with Crippen LogP contribution in [0.5, 0.6) is 0 Å². The van der Waals surface area contributed by atoms with E-state index in [1.807, 2.05) is 26.8 Å². The van der Waals surface area contributed by atoms with Gasteiger partial charge in [0, 0.05) is 18.3 Å². The van der Waals surface area contributed by atoms with E-state index in [4.69, 9.17) is 0 Å². The van der Waals surface area contributed by atoms with Gasteiger partial charge >= 0.3 is 0 Å². The molecule has 2 N–H and O–H groups in total. The van der Waals surface area contributed by atoms with Gasteiger partial charge in [0.15, 0.2) is 0 Å². The van der Waals surface area contributed by atoms with Crippen LogP contribution in [0.25, 0.3) is 0 Å². The molecule has 1 atom stereocenters. The van der Waals surface area contributed by atoms with Crippen molar-refractivity contribution in [2.24, 2.45) is 5.92 Å². The maximum Gasteiger partial charge on any atom is 0.241 e. The maximum atomic E-state index is 12.5. The van der Waals surface area contributed by atoms with Gasteiger partial charge in [-0.2, -0.15) is 0 Å². The highest BCUT2D eigenvalue weighted by atomic mass is 32.2. The molecule has 106 valence electrons. The van der Waals surface area contributed by atoms with Crippen LogP contribution in [0.4, 0.5) is 5.69 Å². The first-order valence-electron chi connectivity index (χ1n) is 6.80. The molecule has 1 aliphatic heterocycles. The van der Waals surface area contributed by atoms with E-state index in [-0.39, 0.29) is 12.0 Å². The fraction of sp³-hybridized carbons (Fsp3) is 0.571. The van der Waals surface area contributed by atoms with Crippen molar-refractivity contribution in [3.63, 3.8) is 0 Å². The molecule has 0 saturated carbocycles. The van der Waals surface area contributed by atoms with Crippen LogP contribution < -0.4 is 10.0 Å².